The van der Waals surface area contributed by atoms with Gasteiger partial charge in [0.05, 0.1) is 41.0 Å². The van der Waals surface area contributed by atoms with Gasteiger partial charge in [0.15, 0.2) is 0 Å². The molecule has 1 N–H and O–H groups in total. The minimum absolute atomic E-state index is 0.0220. The molecule has 0 aliphatic rings. The number of hydrogen-bond donors (Lipinski definition) is 1. The van der Waals surface area contributed by atoms with Crippen LogP contribution in [-0.2, 0) is 0 Å². The zero-order valence-electron chi connectivity index (χ0n) is 16.8. The summed E-state index contributed by atoms with van der Waals surface area (Å²) in [4.78, 5) is 26.6. The lowest BCUT2D eigenvalue weighted by atomic mass is 10.2. The number of amides is 2. The molecule has 0 bridgehead atoms. The van der Waals surface area contributed by atoms with E-state index in [0.29, 0.717) is 16.6 Å². The quantitative estimate of drug-likeness (QED) is 0.475. The minimum Gasteiger partial charge on any atom is -0.350 e. The number of carbonyl (C=O) groups excluding carboxylic acids is 2. The highest BCUT2D eigenvalue weighted by Crippen LogP contribution is 2.21. The van der Waals surface area contributed by atoms with Crippen molar-refractivity contribution in [2.24, 2.45) is 0 Å². The van der Waals surface area contributed by atoms with Gasteiger partial charge in [-0.05, 0) is 24.3 Å². The molecule has 4 heterocycles. The average Bonchev–Trinajstić information content (AvgIpc) is 3.39. The zero-order valence-corrected chi connectivity index (χ0v) is 16.8. The first-order chi connectivity index (χ1) is 15.3. The third-order valence-electron chi connectivity index (χ3n) is 4.95. The molecule has 0 aliphatic heterocycles. The van der Waals surface area contributed by atoms with Crippen LogP contribution in [0.3, 0.4) is 0 Å². The van der Waals surface area contributed by atoms with Crippen LogP contribution in [0.2, 0.25) is 0 Å². The summed E-state index contributed by atoms with van der Waals surface area (Å²) in [6.07, 6.45) is 0.508. The van der Waals surface area contributed by atoms with Gasteiger partial charge in [0.2, 0.25) is 0 Å². The second-order valence-electron chi connectivity index (χ2n) is 7.09. The Balaban J connectivity index is 1.47. The number of nitrogens with one attached hydrogen (secondary N) is 1. The fourth-order valence-electron chi connectivity index (χ4n) is 3.36. The van der Waals surface area contributed by atoms with Crippen molar-refractivity contribution in [2.45, 2.75) is 12.6 Å². The Morgan fingerprint density at radius 3 is 2.12 bits per heavy atom. The molecule has 0 saturated heterocycles. The normalized spacial score (nSPS) is 11.7. The largest absolute Gasteiger partial charge is 0.390 e. The molecule has 4 aromatic heterocycles. The Bertz CT molecular complexity index is 1260. The molecule has 0 atom stereocenters. The predicted molar refractivity (Wildman–Crippen MR) is 109 cm³/mol. The lowest BCUT2D eigenvalue weighted by molar-refractivity contribution is -0.136. The van der Waals surface area contributed by atoms with Crippen LogP contribution < -0.4 is 5.32 Å². The standard InChI is InChI=1S/C21H19F3N6O2/c22-21(23,24)7-11-28(20(32)16-14-27-30-10-4-2-6-18(16)30)12-8-25-19(31)15-13-26-29-9-3-1-5-17(15)29/h1-6,9-10,13-14H,7-8,11-12H2,(H,25,31). The highest BCUT2D eigenvalue weighted by Gasteiger charge is 2.30. The van der Waals surface area contributed by atoms with Crippen molar-refractivity contribution >= 4 is 22.8 Å². The van der Waals surface area contributed by atoms with Crippen LogP contribution in [0, 0.1) is 0 Å². The van der Waals surface area contributed by atoms with Gasteiger partial charge in [-0.2, -0.15) is 23.4 Å². The monoisotopic (exact) mass is 444 g/mol. The lowest BCUT2D eigenvalue weighted by Crippen LogP contribution is -2.40. The van der Waals surface area contributed by atoms with E-state index < -0.39 is 31.0 Å². The van der Waals surface area contributed by atoms with Crippen molar-refractivity contribution < 1.29 is 22.8 Å². The van der Waals surface area contributed by atoms with E-state index in [4.69, 9.17) is 0 Å². The van der Waals surface area contributed by atoms with Gasteiger partial charge in [-0.15, -0.1) is 0 Å². The van der Waals surface area contributed by atoms with Crippen LogP contribution in [0.5, 0.6) is 0 Å². The summed E-state index contributed by atoms with van der Waals surface area (Å²) in [6.45, 7) is -0.644. The van der Waals surface area contributed by atoms with Gasteiger partial charge in [-0.3, -0.25) is 9.59 Å². The van der Waals surface area contributed by atoms with Gasteiger partial charge >= 0.3 is 6.18 Å². The summed E-state index contributed by atoms with van der Waals surface area (Å²) >= 11 is 0. The third kappa shape index (κ3) is 4.56. The van der Waals surface area contributed by atoms with E-state index >= 15 is 0 Å². The number of fused-ring (bicyclic) bond motifs is 2. The molecule has 0 unspecified atom stereocenters. The first kappa shape index (κ1) is 21.3. The molecule has 4 rings (SSSR count). The topological polar surface area (TPSA) is 84.0 Å². The molecular weight excluding hydrogens is 425 g/mol. The lowest BCUT2D eigenvalue weighted by Gasteiger charge is -2.23. The Labute approximate surface area is 180 Å². The molecule has 0 spiro atoms. The Kier molecular flexibility index (Phi) is 5.80. The van der Waals surface area contributed by atoms with Gasteiger partial charge in [0, 0.05) is 32.0 Å². The van der Waals surface area contributed by atoms with E-state index in [1.54, 1.807) is 53.3 Å². The molecule has 4 aromatic rings. The summed E-state index contributed by atoms with van der Waals surface area (Å²) in [6, 6.07) is 10.4. The van der Waals surface area contributed by atoms with E-state index in [-0.39, 0.29) is 18.7 Å². The van der Waals surface area contributed by atoms with Crippen molar-refractivity contribution in [2.75, 3.05) is 19.6 Å². The highest BCUT2D eigenvalue weighted by molar-refractivity contribution is 6.01. The molecule has 11 heteroatoms. The second-order valence-corrected chi connectivity index (χ2v) is 7.09. The number of halogens is 3. The van der Waals surface area contributed by atoms with Gasteiger partial charge in [-0.1, -0.05) is 12.1 Å². The number of carbonyl (C=O) groups is 2. The number of alkyl halides is 3. The van der Waals surface area contributed by atoms with Crippen LogP contribution in [0.25, 0.3) is 11.0 Å². The zero-order chi connectivity index (χ0) is 22.7. The number of hydrogen-bond acceptors (Lipinski definition) is 4. The van der Waals surface area contributed by atoms with E-state index in [0.717, 1.165) is 4.90 Å². The number of nitrogens with zero attached hydrogens (tertiary/aromatic N) is 5. The first-order valence-corrected chi connectivity index (χ1v) is 9.82. The molecule has 0 aromatic carbocycles. The van der Waals surface area contributed by atoms with Crippen molar-refractivity contribution in [3.63, 3.8) is 0 Å². The Hall–Kier alpha value is -3.89. The second kappa shape index (κ2) is 8.69. The maximum Gasteiger partial charge on any atom is 0.390 e. The van der Waals surface area contributed by atoms with Crippen LogP contribution in [-0.4, -0.2) is 61.8 Å². The molecule has 0 saturated carbocycles. The summed E-state index contributed by atoms with van der Waals surface area (Å²) in [5, 5.41) is 10.8. The molecule has 0 aliphatic carbocycles. The number of pyridine rings is 2. The Morgan fingerprint density at radius 2 is 1.50 bits per heavy atom. The van der Waals surface area contributed by atoms with Crippen LogP contribution in [0.1, 0.15) is 27.1 Å². The van der Waals surface area contributed by atoms with Crippen LogP contribution in [0.4, 0.5) is 13.2 Å². The first-order valence-electron chi connectivity index (χ1n) is 9.82. The Morgan fingerprint density at radius 1 is 0.906 bits per heavy atom. The predicted octanol–water partition coefficient (Wildman–Crippen LogP) is 2.81. The number of aromatic nitrogens is 4. The van der Waals surface area contributed by atoms with E-state index in [1.165, 1.54) is 16.9 Å². The summed E-state index contributed by atoms with van der Waals surface area (Å²) < 4.78 is 41.5. The fraction of sp³-hybridized carbons (Fsp3) is 0.238. The average molecular weight is 444 g/mol. The molecule has 2 amide bonds. The SMILES string of the molecule is O=C(NCCN(CCC(F)(F)F)C(=O)c1cnn2ccccc12)c1cnn2ccccc12. The maximum atomic E-state index is 13.0. The number of rotatable bonds is 7. The maximum absolute atomic E-state index is 13.0. The summed E-state index contributed by atoms with van der Waals surface area (Å²) in [7, 11) is 0. The molecule has 32 heavy (non-hydrogen) atoms. The highest BCUT2D eigenvalue weighted by atomic mass is 19.4. The van der Waals surface area contributed by atoms with E-state index in [9.17, 15) is 22.8 Å². The van der Waals surface area contributed by atoms with Crippen molar-refractivity contribution in [3.05, 3.63) is 72.3 Å². The molecule has 8 nitrogen and oxygen atoms in total. The van der Waals surface area contributed by atoms with E-state index in [1.807, 2.05) is 0 Å². The molecule has 166 valence electrons. The van der Waals surface area contributed by atoms with Gasteiger partial charge < -0.3 is 10.2 Å². The summed E-state index contributed by atoms with van der Waals surface area (Å²) in [5.74, 6) is -1.01. The van der Waals surface area contributed by atoms with Crippen LogP contribution >= 0.6 is 0 Å². The van der Waals surface area contributed by atoms with Gasteiger partial charge in [0.1, 0.15) is 0 Å². The van der Waals surface area contributed by atoms with Gasteiger partial charge in [0.25, 0.3) is 11.8 Å². The van der Waals surface area contributed by atoms with Crippen molar-refractivity contribution in [1.82, 2.24) is 29.4 Å². The summed E-state index contributed by atoms with van der Waals surface area (Å²) in [5.41, 5.74) is 1.62. The minimum atomic E-state index is -4.42. The van der Waals surface area contributed by atoms with Crippen molar-refractivity contribution in [1.29, 1.82) is 0 Å². The van der Waals surface area contributed by atoms with Crippen LogP contribution in [0.15, 0.2) is 61.2 Å². The molecule has 0 radical (unpaired) electrons. The van der Waals surface area contributed by atoms with Gasteiger partial charge in [-0.25, -0.2) is 9.03 Å². The molecular formula is C21H19F3N6O2. The fourth-order valence-corrected chi connectivity index (χ4v) is 3.36. The smallest absolute Gasteiger partial charge is 0.350 e. The molecule has 0 fully saturated rings. The van der Waals surface area contributed by atoms with E-state index in [2.05, 4.69) is 15.5 Å². The third-order valence-corrected chi connectivity index (χ3v) is 4.95. The van der Waals surface area contributed by atoms with Crippen molar-refractivity contribution in [3.8, 4) is 0 Å².